The average molecular weight is 420 g/mol. The molecule has 5 heteroatoms. The molecule has 2 rings (SSSR count). The number of halogens is 2. The molecule has 0 saturated heterocycles. The standard InChI is InChI=1S/C13H11BrINO2/c1-2-8-5-9(14)3-4-11(8)16-7-10(15)6-12(16)13(17)18/h3-7H,2H2,1H3,(H,17,18). The van der Waals surface area contributed by atoms with E-state index >= 15 is 0 Å². The van der Waals surface area contributed by atoms with E-state index in [9.17, 15) is 9.90 Å². The van der Waals surface area contributed by atoms with E-state index < -0.39 is 5.97 Å². The monoisotopic (exact) mass is 419 g/mol. The number of nitrogens with zero attached hydrogens (tertiary/aromatic N) is 1. The SMILES string of the molecule is CCc1cc(Br)ccc1-n1cc(I)cc1C(=O)O. The molecule has 1 N–H and O–H groups in total. The van der Waals surface area contributed by atoms with Gasteiger partial charge in [0.15, 0.2) is 0 Å². The molecule has 94 valence electrons. The van der Waals surface area contributed by atoms with Crippen LogP contribution < -0.4 is 0 Å². The second-order valence-corrected chi connectivity index (χ2v) is 6.01. The van der Waals surface area contributed by atoms with Crippen LogP contribution in [0.1, 0.15) is 23.0 Å². The first-order valence-corrected chi connectivity index (χ1v) is 7.30. The Morgan fingerprint density at radius 1 is 1.44 bits per heavy atom. The van der Waals surface area contributed by atoms with Crippen molar-refractivity contribution < 1.29 is 9.90 Å². The van der Waals surface area contributed by atoms with Crippen molar-refractivity contribution in [3.63, 3.8) is 0 Å². The van der Waals surface area contributed by atoms with E-state index in [0.717, 1.165) is 25.7 Å². The van der Waals surface area contributed by atoms with Gasteiger partial charge in [-0.15, -0.1) is 0 Å². The van der Waals surface area contributed by atoms with Gasteiger partial charge in [0.25, 0.3) is 0 Å². The van der Waals surface area contributed by atoms with Crippen LogP contribution in [0.5, 0.6) is 0 Å². The second-order valence-electron chi connectivity index (χ2n) is 3.85. The fourth-order valence-electron chi connectivity index (χ4n) is 1.87. The van der Waals surface area contributed by atoms with Gasteiger partial charge in [-0.2, -0.15) is 0 Å². The first-order valence-electron chi connectivity index (χ1n) is 5.43. The summed E-state index contributed by atoms with van der Waals surface area (Å²) in [6, 6.07) is 7.55. The van der Waals surface area contributed by atoms with E-state index in [4.69, 9.17) is 0 Å². The zero-order valence-electron chi connectivity index (χ0n) is 9.65. The van der Waals surface area contributed by atoms with Crippen LogP contribution in [0.25, 0.3) is 5.69 Å². The minimum atomic E-state index is -0.914. The van der Waals surface area contributed by atoms with Gasteiger partial charge >= 0.3 is 5.97 Å². The van der Waals surface area contributed by atoms with Crippen molar-refractivity contribution in [1.29, 1.82) is 0 Å². The third kappa shape index (κ3) is 2.61. The Morgan fingerprint density at radius 2 is 2.17 bits per heavy atom. The first kappa shape index (κ1) is 13.6. The van der Waals surface area contributed by atoms with Crippen LogP contribution >= 0.6 is 38.5 Å². The highest BCUT2D eigenvalue weighted by Crippen LogP contribution is 2.24. The third-order valence-corrected chi connectivity index (χ3v) is 3.77. The Kier molecular flexibility index (Phi) is 4.11. The molecule has 0 spiro atoms. The zero-order valence-corrected chi connectivity index (χ0v) is 13.4. The molecule has 18 heavy (non-hydrogen) atoms. The van der Waals surface area contributed by atoms with Crippen LogP contribution in [-0.2, 0) is 6.42 Å². The van der Waals surface area contributed by atoms with Gasteiger partial charge in [-0.1, -0.05) is 22.9 Å². The molecule has 0 aliphatic rings. The summed E-state index contributed by atoms with van der Waals surface area (Å²) >= 11 is 5.56. The highest BCUT2D eigenvalue weighted by Gasteiger charge is 2.14. The normalized spacial score (nSPS) is 10.6. The summed E-state index contributed by atoms with van der Waals surface area (Å²) in [5.41, 5.74) is 2.32. The number of aryl methyl sites for hydroxylation is 1. The molecule has 0 saturated carbocycles. The largest absolute Gasteiger partial charge is 0.477 e. The molecule has 0 aliphatic carbocycles. The van der Waals surface area contributed by atoms with Crippen molar-refractivity contribution >= 4 is 44.5 Å². The van der Waals surface area contributed by atoms with Crippen molar-refractivity contribution in [3.8, 4) is 5.69 Å². The number of carbonyl (C=O) groups is 1. The summed E-state index contributed by atoms with van der Waals surface area (Å²) in [7, 11) is 0. The van der Waals surface area contributed by atoms with E-state index in [2.05, 4.69) is 45.4 Å². The molecular weight excluding hydrogens is 409 g/mol. The maximum atomic E-state index is 11.2. The summed E-state index contributed by atoms with van der Waals surface area (Å²) in [5.74, 6) is -0.914. The van der Waals surface area contributed by atoms with E-state index in [1.807, 2.05) is 24.4 Å². The van der Waals surface area contributed by atoms with Gasteiger partial charge in [-0.3, -0.25) is 0 Å². The zero-order chi connectivity index (χ0) is 13.3. The molecule has 2 aromatic rings. The molecule has 0 amide bonds. The van der Waals surface area contributed by atoms with E-state index in [-0.39, 0.29) is 5.69 Å². The molecular formula is C13H11BrINO2. The topological polar surface area (TPSA) is 42.2 Å². The predicted octanol–water partition coefficient (Wildman–Crippen LogP) is 4.11. The molecule has 1 aromatic heterocycles. The Hall–Kier alpha value is -0.820. The number of carboxylic acid groups (broad SMARTS) is 1. The predicted molar refractivity (Wildman–Crippen MR) is 82.5 cm³/mol. The highest BCUT2D eigenvalue weighted by atomic mass is 127. The molecule has 1 heterocycles. The summed E-state index contributed by atoms with van der Waals surface area (Å²) in [6.45, 7) is 2.06. The molecule has 0 aliphatic heterocycles. The van der Waals surface area contributed by atoms with Crippen molar-refractivity contribution in [2.75, 3.05) is 0 Å². The van der Waals surface area contributed by atoms with E-state index in [1.165, 1.54) is 0 Å². The number of aromatic carboxylic acids is 1. The summed E-state index contributed by atoms with van der Waals surface area (Å²) in [5, 5.41) is 9.23. The Bertz CT molecular complexity index is 607. The second kappa shape index (κ2) is 5.44. The van der Waals surface area contributed by atoms with Crippen LogP contribution in [0.4, 0.5) is 0 Å². The fraction of sp³-hybridized carbons (Fsp3) is 0.154. The lowest BCUT2D eigenvalue weighted by Crippen LogP contribution is -2.07. The molecule has 0 fully saturated rings. The average Bonchev–Trinajstić information content (AvgIpc) is 2.71. The van der Waals surface area contributed by atoms with Crippen LogP contribution in [-0.4, -0.2) is 15.6 Å². The van der Waals surface area contributed by atoms with Crippen molar-refractivity contribution in [2.24, 2.45) is 0 Å². The highest BCUT2D eigenvalue weighted by molar-refractivity contribution is 14.1. The number of rotatable bonds is 3. The summed E-state index contributed by atoms with van der Waals surface area (Å²) in [6.07, 6.45) is 2.69. The maximum absolute atomic E-state index is 11.2. The first-order chi connectivity index (χ1) is 8.52. The minimum absolute atomic E-state index is 0.288. The van der Waals surface area contributed by atoms with Gasteiger partial charge < -0.3 is 9.67 Å². The lowest BCUT2D eigenvalue weighted by molar-refractivity contribution is 0.0688. The van der Waals surface area contributed by atoms with Crippen LogP contribution in [0, 0.1) is 3.57 Å². The van der Waals surface area contributed by atoms with Gasteiger partial charge in [0.2, 0.25) is 0 Å². The van der Waals surface area contributed by atoms with Crippen LogP contribution in [0.2, 0.25) is 0 Å². The van der Waals surface area contributed by atoms with Crippen molar-refractivity contribution in [3.05, 3.63) is 49.8 Å². The lowest BCUT2D eigenvalue weighted by atomic mass is 10.1. The number of hydrogen-bond donors (Lipinski definition) is 1. The van der Waals surface area contributed by atoms with E-state index in [1.54, 1.807) is 10.6 Å². The fourth-order valence-corrected chi connectivity index (χ4v) is 2.85. The van der Waals surface area contributed by atoms with Gasteiger partial charge in [-0.25, -0.2) is 4.79 Å². The Balaban J connectivity index is 2.65. The summed E-state index contributed by atoms with van der Waals surface area (Å²) in [4.78, 5) is 11.2. The molecule has 0 bridgehead atoms. The van der Waals surface area contributed by atoms with Crippen LogP contribution in [0.3, 0.4) is 0 Å². The van der Waals surface area contributed by atoms with Crippen molar-refractivity contribution in [1.82, 2.24) is 4.57 Å². The minimum Gasteiger partial charge on any atom is -0.477 e. The van der Waals surface area contributed by atoms with Gasteiger partial charge in [0, 0.05) is 19.9 Å². The molecule has 0 radical (unpaired) electrons. The number of aromatic nitrogens is 1. The van der Waals surface area contributed by atoms with Crippen LogP contribution in [0.15, 0.2) is 34.9 Å². The molecule has 0 unspecified atom stereocenters. The van der Waals surface area contributed by atoms with E-state index in [0.29, 0.717) is 0 Å². The van der Waals surface area contributed by atoms with Gasteiger partial charge in [0.05, 0.1) is 0 Å². The number of carboxylic acids is 1. The van der Waals surface area contributed by atoms with Crippen molar-refractivity contribution in [2.45, 2.75) is 13.3 Å². The quantitative estimate of drug-likeness (QED) is 0.761. The lowest BCUT2D eigenvalue weighted by Gasteiger charge is -2.11. The van der Waals surface area contributed by atoms with Gasteiger partial charge in [0.1, 0.15) is 5.69 Å². The Morgan fingerprint density at radius 3 is 2.78 bits per heavy atom. The number of hydrogen-bond acceptors (Lipinski definition) is 1. The molecule has 3 nitrogen and oxygen atoms in total. The van der Waals surface area contributed by atoms with Gasteiger partial charge in [-0.05, 0) is 58.8 Å². The molecule has 0 atom stereocenters. The maximum Gasteiger partial charge on any atom is 0.352 e. The molecule has 1 aromatic carbocycles. The number of benzene rings is 1. The third-order valence-electron chi connectivity index (χ3n) is 2.69. The summed E-state index contributed by atoms with van der Waals surface area (Å²) < 4.78 is 3.65. The Labute approximate surface area is 127 Å². The smallest absolute Gasteiger partial charge is 0.352 e.